The predicted molar refractivity (Wildman–Crippen MR) is 90.1 cm³/mol. The van der Waals surface area contributed by atoms with E-state index in [9.17, 15) is 4.39 Å². The number of nitrogens with one attached hydrogen (secondary N) is 1. The highest BCUT2D eigenvalue weighted by molar-refractivity contribution is 7.99. The van der Waals surface area contributed by atoms with Gasteiger partial charge in [0.25, 0.3) is 0 Å². The fourth-order valence-electron chi connectivity index (χ4n) is 1.97. The molecule has 0 amide bonds. The lowest BCUT2D eigenvalue weighted by molar-refractivity contribution is 0.568. The topological polar surface area (TPSA) is 12.0 Å². The van der Waals surface area contributed by atoms with Crippen LogP contribution in [0.25, 0.3) is 0 Å². The van der Waals surface area contributed by atoms with Crippen molar-refractivity contribution in [3.8, 4) is 0 Å². The lowest BCUT2D eigenvalue weighted by Gasteiger charge is -2.17. The van der Waals surface area contributed by atoms with Crippen molar-refractivity contribution >= 4 is 35.0 Å². The Labute approximate surface area is 138 Å². The maximum absolute atomic E-state index is 13.8. The van der Waals surface area contributed by atoms with E-state index in [4.69, 9.17) is 23.2 Å². The fraction of sp³-hybridized carbons (Fsp3) is 0.250. The minimum atomic E-state index is -0.259. The summed E-state index contributed by atoms with van der Waals surface area (Å²) in [6.07, 6.45) is 0.541. The lowest BCUT2D eigenvalue weighted by Crippen LogP contribution is -2.30. The quantitative estimate of drug-likeness (QED) is 0.736. The van der Waals surface area contributed by atoms with Gasteiger partial charge in [-0.25, -0.2) is 4.39 Å². The average Bonchev–Trinajstić information content (AvgIpc) is 2.48. The van der Waals surface area contributed by atoms with Crippen LogP contribution in [-0.2, 0) is 6.42 Å². The van der Waals surface area contributed by atoms with Crippen molar-refractivity contribution in [3.63, 3.8) is 0 Å². The first-order valence-corrected chi connectivity index (χ1v) is 8.33. The molecule has 1 unspecified atom stereocenters. The van der Waals surface area contributed by atoms with Gasteiger partial charge in [0.05, 0.1) is 5.02 Å². The molecule has 0 aliphatic carbocycles. The van der Waals surface area contributed by atoms with E-state index in [1.165, 1.54) is 6.07 Å². The number of hydrogen-bond donors (Lipinski definition) is 1. The molecular weight excluding hydrogens is 328 g/mol. The number of thioether (sulfide) groups is 1. The zero-order valence-corrected chi connectivity index (χ0v) is 13.9. The molecule has 1 nitrogen and oxygen atoms in total. The second-order valence-electron chi connectivity index (χ2n) is 4.63. The first kappa shape index (κ1) is 16.6. The van der Waals surface area contributed by atoms with Gasteiger partial charge in [-0.05, 0) is 37.7 Å². The predicted octanol–water partition coefficient (Wildman–Crippen LogP) is 5.06. The van der Waals surface area contributed by atoms with Crippen LogP contribution in [0.4, 0.5) is 4.39 Å². The molecule has 0 saturated carbocycles. The molecule has 2 rings (SSSR count). The van der Waals surface area contributed by atoms with E-state index in [2.05, 4.69) is 5.32 Å². The van der Waals surface area contributed by atoms with Gasteiger partial charge < -0.3 is 5.32 Å². The summed E-state index contributed by atoms with van der Waals surface area (Å²) in [6, 6.07) is 12.6. The third-order valence-electron chi connectivity index (χ3n) is 3.20. The molecule has 0 heterocycles. The lowest BCUT2D eigenvalue weighted by atomic mass is 10.1. The van der Waals surface area contributed by atoms with Crippen LogP contribution in [0, 0.1) is 5.82 Å². The Balaban J connectivity index is 2.02. The van der Waals surface area contributed by atoms with Crippen molar-refractivity contribution in [2.45, 2.75) is 17.4 Å². The molecule has 2 aromatic carbocycles. The third-order valence-corrected chi connectivity index (χ3v) is 5.23. The van der Waals surface area contributed by atoms with Gasteiger partial charge >= 0.3 is 0 Å². The first-order valence-electron chi connectivity index (χ1n) is 6.59. The first-order chi connectivity index (χ1) is 10.1. The number of likely N-dealkylation sites (N-methyl/N-ethyl adjacent to an activating group) is 1. The molecule has 2 aromatic rings. The smallest absolute Gasteiger partial charge is 0.127 e. The van der Waals surface area contributed by atoms with Crippen molar-refractivity contribution in [3.05, 3.63) is 63.9 Å². The van der Waals surface area contributed by atoms with Crippen molar-refractivity contribution in [2.75, 3.05) is 12.8 Å². The summed E-state index contributed by atoms with van der Waals surface area (Å²) in [5.41, 5.74) is 0.554. The summed E-state index contributed by atoms with van der Waals surface area (Å²) >= 11 is 13.9. The van der Waals surface area contributed by atoms with E-state index in [1.807, 2.05) is 31.3 Å². The molecule has 0 bridgehead atoms. The fourth-order valence-corrected chi connectivity index (χ4v) is 3.56. The summed E-state index contributed by atoms with van der Waals surface area (Å²) < 4.78 is 13.8. The number of hydrogen-bond acceptors (Lipinski definition) is 2. The largest absolute Gasteiger partial charge is 0.316 e. The minimum Gasteiger partial charge on any atom is -0.316 e. The molecule has 0 radical (unpaired) electrons. The normalized spacial score (nSPS) is 12.4. The van der Waals surface area contributed by atoms with E-state index >= 15 is 0 Å². The third kappa shape index (κ3) is 4.62. The van der Waals surface area contributed by atoms with Crippen LogP contribution in [-0.4, -0.2) is 18.8 Å². The Morgan fingerprint density at radius 1 is 1.10 bits per heavy atom. The van der Waals surface area contributed by atoms with E-state index in [0.717, 1.165) is 15.7 Å². The van der Waals surface area contributed by atoms with Crippen LogP contribution in [0.3, 0.4) is 0 Å². The average molecular weight is 344 g/mol. The van der Waals surface area contributed by atoms with Crippen molar-refractivity contribution < 1.29 is 4.39 Å². The van der Waals surface area contributed by atoms with E-state index in [0.29, 0.717) is 17.0 Å². The van der Waals surface area contributed by atoms with E-state index < -0.39 is 0 Å². The standard InChI is InChI=1S/C16H16Cl2FNS/c1-20-11(9-12-13(17)6-4-7-15(12)19)10-21-16-8-3-2-5-14(16)18/h2-8,11,20H,9-10H2,1H3. The molecule has 0 aliphatic heterocycles. The molecule has 1 atom stereocenters. The van der Waals surface area contributed by atoms with Gasteiger partial charge in [0, 0.05) is 27.3 Å². The van der Waals surface area contributed by atoms with Gasteiger partial charge in [-0.3, -0.25) is 0 Å². The second kappa shape index (κ2) is 8.04. The zero-order chi connectivity index (χ0) is 15.2. The summed E-state index contributed by atoms with van der Waals surface area (Å²) in [5, 5.41) is 4.41. The SMILES string of the molecule is CNC(CSc1ccccc1Cl)Cc1c(F)cccc1Cl. The highest BCUT2D eigenvalue weighted by atomic mass is 35.5. The van der Waals surface area contributed by atoms with Gasteiger partial charge in [0.15, 0.2) is 0 Å². The summed E-state index contributed by atoms with van der Waals surface area (Å²) in [5.74, 6) is 0.524. The van der Waals surface area contributed by atoms with Crippen LogP contribution in [0.5, 0.6) is 0 Å². The van der Waals surface area contributed by atoms with E-state index in [-0.39, 0.29) is 11.9 Å². The minimum absolute atomic E-state index is 0.112. The van der Waals surface area contributed by atoms with Crippen molar-refractivity contribution in [1.29, 1.82) is 0 Å². The van der Waals surface area contributed by atoms with Gasteiger partial charge in [0.2, 0.25) is 0 Å². The Morgan fingerprint density at radius 3 is 2.48 bits per heavy atom. The Kier molecular flexibility index (Phi) is 6.37. The monoisotopic (exact) mass is 343 g/mol. The van der Waals surface area contributed by atoms with E-state index in [1.54, 1.807) is 23.9 Å². The maximum atomic E-state index is 13.8. The highest BCUT2D eigenvalue weighted by Crippen LogP contribution is 2.28. The summed E-state index contributed by atoms with van der Waals surface area (Å²) in [6.45, 7) is 0. The molecule has 5 heteroatoms. The van der Waals surface area contributed by atoms with Crippen LogP contribution in [0.1, 0.15) is 5.56 Å². The van der Waals surface area contributed by atoms with Crippen LogP contribution < -0.4 is 5.32 Å². The molecule has 0 fully saturated rings. The Morgan fingerprint density at radius 2 is 1.81 bits per heavy atom. The number of benzene rings is 2. The van der Waals surface area contributed by atoms with Crippen molar-refractivity contribution in [1.82, 2.24) is 5.32 Å². The van der Waals surface area contributed by atoms with Gasteiger partial charge in [-0.1, -0.05) is 41.4 Å². The Bertz CT molecular complexity index is 586. The van der Waals surface area contributed by atoms with Crippen LogP contribution in [0.2, 0.25) is 10.0 Å². The molecule has 0 aromatic heterocycles. The van der Waals surface area contributed by atoms with Gasteiger partial charge in [0.1, 0.15) is 5.82 Å². The molecule has 21 heavy (non-hydrogen) atoms. The van der Waals surface area contributed by atoms with Crippen LogP contribution >= 0.6 is 35.0 Å². The van der Waals surface area contributed by atoms with Crippen LogP contribution in [0.15, 0.2) is 47.4 Å². The molecular formula is C16H16Cl2FNS. The summed E-state index contributed by atoms with van der Waals surface area (Å²) in [4.78, 5) is 1.03. The zero-order valence-electron chi connectivity index (χ0n) is 11.6. The molecule has 1 N–H and O–H groups in total. The van der Waals surface area contributed by atoms with Crippen molar-refractivity contribution in [2.24, 2.45) is 0 Å². The van der Waals surface area contributed by atoms with Gasteiger partial charge in [-0.15, -0.1) is 11.8 Å². The Hall–Kier alpha value is -0.740. The molecule has 0 saturated heterocycles. The summed E-state index contributed by atoms with van der Waals surface area (Å²) in [7, 11) is 1.87. The van der Waals surface area contributed by atoms with Gasteiger partial charge in [-0.2, -0.15) is 0 Å². The molecule has 112 valence electrons. The maximum Gasteiger partial charge on any atom is 0.127 e. The highest BCUT2D eigenvalue weighted by Gasteiger charge is 2.14. The molecule has 0 aliphatic rings. The number of rotatable bonds is 6. The number of halogens is 3. The molecule has 0 spiro atoms. The second-order valence-corrected chi connectivity index (χ2v) is 6.51.